The summed E-state index contributed by atoms with van der Waals surface area (Å²) in [5.41, 5.74) is 1.19. The molecule has 6 heteroatoms. The second-order valence-corrected chi connectivity index (χ2v) is 7.00. The van der Waals surface area contributed by atoms with Crippen molar-refractivity contribution in [2.24, 2.45) is 0 Å². The molecule has 6 nitrogen and oxygen atoms in total. The van der Waals surface area contributed by atoms with Crippen molar-refractivity contribution in [3.8, 4) is 0 Å². The smallest absolute Gasteiger partial charge is 0.312 e. The van der Waals surface area contributed by atoms with E-state index in [4.69, 9.17) is 0 Å². The van der Waals surface area contributed by atoms with Crippen molar-refractivity contribution in [1.82, 2.24) is 19.6 Å². The summed E-state index contributed by atoms with van der Waals surface area (Å²) >= 11 is 0. The molecule has 0 N–H and O–H groups in total. The molecule has 0 radical (unpaired) electrons. The Morgan fingerprint density at radius 1 is 0.846 bits per heavy atom. The van der Waals surface area contributed by atoms with Crippen LogP contribution in [0, 0.1) is 0 Å². The Bertz CT molecular complexity index is 630. The molecule has 140 valence electrons. The van der Waals surface area contributed by atoms with Gasteiger partial charge in [0.2, 0.25) is 0 Å². The summed E-state index contributed by atoms with van der Waals surface area (Å²) in [6.45, 7) is 6.68. The van der Waals surface area contributed by atoms with Crippen LogP contribution in [0.1, 0.15) is 5.56 Å². The van der Waals surface area contributed by atoms with Gasteiger partial charge >= 0.3 is 11.8 Å². The molecule has 2 aliphatic heterocycles. The van der Waals surface area contributed by atoms with Crippen LogP contribution in [0.3, 0.4) is 0 Å². The zero-order chi connectivity index (χ0) is 18.4. The normalized spacial score (nSPS) is 19.9. The fourth-order valence-electron chi connectivity index (χ4n) is 3.32. The Balaban J connectivity index is 1.42. The van der Waals surface area contributed by atoms with Crippen molar-refractivity contribution in [3.05, 3.63) is 42.0 Å². The first kappa shape index (κ1) is 18.6. The predicted molar refractivity (Wildman–Crippen MR) is 103 cm³/mol. The molecule has 1 aromatic rings. The van der Waals surface area contributed by atoms with Gasteiger partial charge in [0.15, 0.2) is 0 Å². The molecule has 2 aliphatic rings. The first-order valence-electron chi connectivity index (χ1n) is 9.34. The number of benzene rings is 1. The van der Waals surface area contributed by atoms with Gasteiger partial charge in [0.25, 0.3) is 0 Å². The van der Waals surface area contributed by atoms with Crippen LogP contribution in [0.2, 0.25) is 0 Å². The summed E-state index contributed by atoms with van der Waals surface area (Å²) < 4.78 is 0. The van der Waals surface area contributed by atoms with Crippen molar-refractivity contribution < 1.29 is 9.59 Å². The van der Waals surface area contributed by atoms with Crippen LogP contribution >= 0.6 is 0 Å². The number of likely N-dealkylation sites (N-methyl/N-ethyl adjacent to an activating group) is 1. The summed E-state index contributed by atoms with van der Waals surface area (Å²) in [6, 6.07) is 10.2. The van der Waals surface area contributed by atoms with Gasteiger partial charge < -0.3 is 14.7 Å². The minimum atomic E-state index is -0.339. The quantitative estimate of drug-likeness (QED) is 0.745. The van der Waals surface area contributed by atoms with E-state index >= 15 is 0 Å². The molecule has 3 rings (SSSR count). The molecule has 0 atom stereocenters. The van der Waals surface area contributed by atoms with Gasteiger partial charge in [-0.2, -0.15) is 0 Å². The van der Waals surface area contributed by atoms with Gasteiger partial charge in [-0.25, -0.2) is 0 Å². The van der Waals surface area contributed by atoms with E-state index in [1.54, 1.807) is 9.80 Å². The molecule has 0 unspecified atom stereocenters. The standard InChI is InChI=1S/C20H28N4O2/c1-21-10-14-23(15-11-21)19(25)20(26)24-16-12-22(13-17-24)9-5-8-18-6-3-2-4-7-18/h2-8H,9-17H2,1H3/b8-5+. The Morgan fingerprint density at radius 3 is 1.96 bits per heavy atom. The highest BCUT2D eigenvalue weighted by atomic mass is 16.2. The number of nitrogens with zero attached hydrogens (tertiary/aromatic N) is 4. The van der Waals surface area contributed by atoms with Gasteiger partial charge in [0, 0.05) is 58.9 Å². The highest BCUT2D eigenvalue weighted by Gasteiger charge is 2.30. The monoisotopic (exact) mass is 356 g/mol. The fraction of sp³-hybridized carbons (Fsp3) is 0.500. The topological polar surface area (TPSA) is 47.1 Å². The van der Waals surface area contributed by atoms with E-state index in [9.17, 15) is 9.59 Å². The van der Waals surface area contributed by atoms with Gasteiger partial charge in [-0.05, 0) is 12.6 Å². The van der Waals surface area contributed by atoms with Crippen LogP contribution in [0.5, 0.6) is 0 Å². The maximum absolute atomic E-state index is 12.5. The Labute approximate surface area is 155 Å². The second-order valence-electron chi connectivity index (χ2n) is 7.00. The third-order valence-electron chi connectivity index (χ3n) is 5.11. The summed E-state index contributed by atoms with van der Waals surface area (Å²) in [4.78, 5) is 32.8. The van der Waals surface area contributed by atoms with E-state index in [0.29, 0.717) is 26.2 Å². The molecule has 26 heavy (non-hydrogen) atoms. The summed E-state index contributed by atoms with van der Waals surface area (Å²) in [6.07, 6.45) is 4.27. The average Bonchev–Trinajstić information content (AvgIpc) is 2.69. The van der Waals surface area contributed by atoms with Gasteiger partial charge in [-0.15, -0.1) is 0 Å². The van der Waals surface area contributed by atoms with Crippen molar-refractivity contribution in [1.29, 1.82) is 0 Å². The van der Waals surface area contributed by atoms with Crippen molar-refractivity contribution in [3.63, 3.8) is 0 Å². The first-order chi connectivity index (χ1) is 12.6. The maximum Gasteiger partial charge on any atom is 0.312 e. The molecule has 0 spiro atoms. The second kappa shape index (κ2) is 8.96. The molecule has 2 amide bonds. The molecular weight excluding hydrogens is 328 g/mol. The van der Waals surface area contributed by atoms with E-state index in [1.165, 1.54) is 5.56 Å². The third-order valence-corrected chi connectivity index (χ3v) is 5.11. The largest absolute Gasteiger partial charge is 0.332 e. The molecule has 0 bridgehead atoms. The van der Waals surface area contributed by atoms with Crippen LogP contribution < -0.4 is 0 Å². The molecule has 0 aliphatic carbocycles. The lowest BCUT2D eigenvalue weighted by Gasteiger charge is -2.36. The molecule has 2 saturated heterocycles. The fourth-order valence-corrected chi connectivity index (χ4v) is 3.32. The minimum Gasteiger partial charge on any atom is -0.332 e. The number of hydrogen-bond acceptors (Lipinski definition) is 4. The van der Waals surface area contributed by atoms with E-state index in [-0.39, 0.29) is 11.8 Å². The van der Waals surface area contributed by atoms with Gasteiger partial charge in [-0.3, -0.25) is 14.5 Å². The van der Waals surface area contributed by atoms with E-state index in [2.05, 4.69) is 34.1 Å². The number of hydrogen-bond donors (Lipinski definition) is 0. The van der Waals surface area contributed by atoms with E-state index in [1.807, 2.05) is 25.2 Å². The lowest BCUT2D eigenvalue weighted by molar-refractivity contribution is -0.153. The minimum absolute atomic E-state index is 0.337. The van der Waals surface area contributed by atoms with Crippen LogP contribution in [-0.2, 0) is 9.59 Å². The first-order valence-corrected chi connectivity index (χ1v) is 9.34. The molecule has 0 aromatic heterocycles. The Morgan fingerprint density at radius 2 is 1.38 bits per heavy atom. The Hall–Kier alpha value is -2.18. The van der Waals surface area contributed by atoms with Gasteiger partial charge in [-0.1, -0.05) is 42.5 Å². The lowest BCUT2D eigenvalue weighted by Crippen LogP contribution is -2.56. The van der Waals surface area contributed by atoms with Gasteiger partial charge in [0.1, 0.15) is 0 Å². The number of carbonyl (C=O) groups excluding carboxylic acids is 2. The van der Waals surface area contributed by atoms with E-state index < -0.39 is 0 Å². The molecule has 0 saturated carbocycles. The zero-order valence-electron chi connectivity index (χ0n) is 15.5. The number of carbonyl (C=O) groups is 2. The average molecular weight is 356 g/mol. The zero-order valence-corrected chi connectivity index (χ0v) is 15.5. The summed E-state index contributed by atoms with van der Waals surface area (Å²) in [5, 5.41) is 0. The third kappa shape index (κ3) is 4.93. The maximum atomic E-state index is 12.5. The van der Waals surface area contributed by atoms with Crippen molar-refractivity contribution in [2.75, 3.05) is 66.0 Å². The number of rotatable bonds is 3. The van der Waals surface area contributed by atoms with E-state index in [0.717, 1.165) is 32.7 Å². The molecule has 1 aromatic carbocycles. The van der Waals surface area contributed by atoms with Crippen LogP contribution in [0.15, 0.2) is 36.4 Å². The van der Waals surface area contributed by atoms with Gasteiger partial charge in [0.05, 0.1) is 0 Å². The lowest BCUT2D eigenvalue weighted by atomic mass is 10.2. The number of piperazine rings is 2. The number of amides is 2. The summed E-state index contributed by atoms with van der Waals surface area (Å²) in [5.74, 6) is -0.676. The predicted octanol–water partition coefficient (Wildman–Crippen LogP) is 0.618. The van der Waals surface area contributed by atoms with Crippen molar-refractivity contribution in [2.45, 2.75) is 0 Å². The van der Waals surface area contributed by atoms with Crippen LogP contribution in [-0.4, -0.2) is 97.4 Å². The molecule has 2 heterocycles. The molecular formula is C20H28N4O2. The summed E-state index contributed by atoms with van der Waals surface area (Å²) in [7, 11) is 2.04. The van der Waals surface area contributed by atoms with Crippen LogP contribution in [0.25, 0.3) is 6.08 Å². The highest BCUT2D eigenvalue weighted by Crippen LogP contribution is 2.07. The highest BCUT2D eigenvalue weighted by molar-refractivity contribution is 6.34. The Kier molecular flexibility index (Phi) is 6.41. The SMILES string of the molecule is CN1CCN(C(=O)C(=O)N2CCN(C/C=C/c3ccccc3)CC2)CC1. The van der Waals surface area contributed by atoms with Crippen LogP contribution in [0.4, 0.5) is 0 Å². The molecule has 2 fully saturated rings. The van der Waals surface area contributed by atoms with Crippen molar-refractivity contribution >= 4 is 17.9 Å².